The first-order valence-electron chi connectivity index (χ1n) is 5.26. The molecule has 0 saturated heterocycles. The minimum absolute atomic E-state index is 0.0762. The zero-order valence-corrected chi connectivity index (χ0v) is 10.9. The molecule has 4 heteroatoms. The lowest BCUT2D eigenvalue weighted by atomic mass is 10.1. The van der Waals surface area contributed by atoms with Gasteiger partial charge in [-0.2, -0.15) is 5.26 Å². The fourth-order valence-electron chi connectivity index (χ4n) is 1.47. The van der Waals surface area contributed by atoms with Gasteiger partial charge in [-0.15, -0.1) is 11.8 Å². The van der Waals surface area contributed by atoms with Gasteiger partial charge in [-0.05, 0) is 29.8 Å². The molecule has 2 aromatic carbocycles. The van der Waals surface area contributed by atoms with E-state index in [1.807, 2.05) is 30.3 Å². The van der Waals surface area contributed by atoms with Gasteiger partial charge in [0.05, 0.1) is 10.6 Å². The van der Waals surface area contributed by atoms with E-state index in [9.17, 15) is 4.39 Å². The van der Waals surface area contributed by atoms with E-state index < -0.39 is 5.82 Å². The molecule has 0 bridgehead atoms. The first-order valence-corrected chi connectivity index (χ1v) is 6.63. The number of hydrogen-bond donors (Lipinski definition) is 0. The SMILES string of the molecule is N#Cc1cc(CSc2ccccc2Cl)ccc1F. The van der Waals surface area contributed by atoms with E-state index in [1.165, 1.54) is 6.07 Å². The van der Waals surface area contributed by atoms with E-state index in [2.05, 4.69) is 0 Å². The quantitative estimate of drug-likeness (QED) is 0.763. The van der Waals surface area contributed by atoms with E-state index in [0.717, 1.165) is 10.5 Å². The molecule has 0 atom stereocenters. The van der Waals surface area contributed by atoms with Crippen LogP contribution < -0.4 is 0 Å². The number of nitrogens with zero attached hydrogens (tertiary/aromatic N) is 1. The molecule has 0 radical (unpaired) electrons. The fourth-order valence-corrected chi connectivity index (χ4v) is 2.65. The van der Waals surface area contributed by atoms with Crippen LogP contribution in [0.5, 0.6) is 0 Å². The summed E-state index contributed by atoms with van der Waals surface area (Å²) in [4.78, 5) is 0.974. The van der Waals surface area contributed by atoms with Crippen LogP contribution in [0.2, 0.25) is 5.02 Å². The Morgan fingerprint density at radius 1 is 1.22 bits per heavy atom. The molecular weight excluding hydrogens is 269 g/mol. The minimum atomic E-state index is -0.482. The van der Waals surface area contributed by atoms with Gasteiger partial charge >= 0.3 is 0 Å². The van der Waals surface area contributed by atoms with Crippen molar-refractivity contribution in [1.82, 2.24) is 0 Å². The average molecular weight is 278 g/mol. The molecule has 2 aromatic rings. The van der Waals surface area contributed by atoms with E-state index in [0.29, 0.717) is 10.8 Å². The summed E-state index contributed by atoms with van der Waals surface area (Å²) in [6, 6.07) is 14.0. The van der Waals surface area contributed by atoms with Gasteiger partial charge in [0.25, 0.3) is 0 Å². The maximum atomic E-state index is 13.1. The van der Waals surface area contributed by atoms with Crippen molar-refractivity contribution in [3.8, 4) is 6.07 Å². The predicted molar refractivity (Wildman–Crippen MR) is 72.1 cm³/mol. The molecule has 0 aromatic heterocycles. The summed E-state index contributed by atoms with van der Waals surface area (Å²) in [5, 5.41) is 9.45. The van der Waals surface area contributed by atoms with Crippen molar-refractivity contribution in [2.45, 2.75) is 10.6 Å². The summed E-state index contributed by atoms with van der Waals surface area (Å²) < 4.78 is 13.1. The molecule has 1 nitrogen and oxygen atoms in total. The summed E-state index contributed by atoms with van der Waals surface area (Å²) >= 11 is 7.60. The highest BCUT2D eigenvalue weighted by molar-refractivity contribution is 7.98. The maximum Gasteiger partial charge on any atom is 0.140 e. The molecule has 0 unspecified atom stereocenters. The molecule has 0 saturated carbocycles. The van der Waals surface area contributed by atoms with Gasteiger partial charge in [0.15, 0.2) is 0 Å². The average Bonchev–Trinajstić information content (AvgIpc) is 2.39. The molecule has 0 fully saturated rings. The Kier molecular flexibility index (Phi) is 4.24. The van der Waals surface area contributed by atoms with Crippen molar-refractivity contribution in [3.63, 3.8) is 0 Å². The molecule has 0 N–H and O–H groups in total. The Hall–Kier alpha value is -1.50. The Morgan fingerprint density at radius 2 is 2.00 bits per heavy atom. The Balaban J connectivity index is 2.12. The van der Waals surface area contributed by atoms with Crippen LogP contribution in [0.15, 0.2) is 47.4 Å². The first kappa shape index (κ1) is 12.9. The fraction of sp³-hybridized carbons (Fsp3) is 0.0714. The van der Waals surface area contributed by atoms with Crippen LogP contribution in [0.25, 0.3) is 0 Å². The summed E-state index contributed by atoms with van der Waals surface area (Å²) in [5.74, 6) is 0.169. The predicted octanol–water partition coefficient (Wildman–Crippen LogP) is 4.64. The van der Waals surface area contributed by atoms with Crippen LogP contribution in [-0.4, -0.2) is 0 Å². The second-order valence-corrected chi connectivity index (χ2v) is 5.07. The molecule has 0 amide bonds. The number of halogens is 2. The van der Waals surface area contributed by atoms with Crippen LogP contribution in [0.3, 0.4) is 0 Å². The van der Waals surface area contributed by atoms with Gasteiger partial charge in [-0.3, -0.25) is 0 Å². The van der Waals surface area contributed by atoms with Crippen molar-refractivity contribution in [2.75, 3.05) is 0 Å². The first-order chi connectivity index (χ1) is 8.70. The topological polar surface area (TPSA) is 23.8 Å². The van der Waals surface area contributed by atoms with Crippen molar-refractivity contribution in [3.05, 3.63) is 64.4 Å². The number of nitriles is 1. The van der Waals surface area contributed by atoms with Crippen LogP contribution >= 0.6 is 23.4 Å². The molecule has 0 spiro atoms. The summed E-state index contributed by atoms with van der Waals surface area (Å²) in [6.07, 6.45) is 0. The molecule has 0 heterocycles. The molecular formula is C14H9ClFNS. The second kappa shape index (κ2) is 5.90. The van der Waals surface area contributed by atoms with Crippen molar-refractivity contribution < 1.29 is 4.39 Å². The van der Waals surface area contributed by atoms with E-state index in [-0.39, 0.29) is 5.56 Å². The zero-order valence-electron chi connectivity index (χ0n) is 9.36. The number of thioether (sulfide) groups is 1. The van der Waals surface area contributed by atoms with Gasteiger partial charge in [0.2, 0.25) is 0 Å². The molecule has 2 rings (SSSR count). The largest absolute Gasteiger partial charge is 0.206 e. The third-order valence-electron chi connectivity index (χ3n) is 2.38. The van der Waals surface area contributed by atoms with Gasteiger partial charge in [0, 0.05) is 10.6 Å². The Bertz CT molecular complexity index is 607. The van der Waals surface area contributed by atoms with Crippen LogP contribution in [-0.2, 0) is 5.75 Å². The maximum absolute atomic E-state index is 13.1. The summed E-state index contributed by atoms with van der Waals surface area (Å²) in [7, 11) is 0. The highest BCUT2D eigenvalue weighted by atomic mass is 35.5. The number of rotatable bonds is 3. The van der Waals surface area contributed by atoms with E-state index in [1.54, 1.807) is 23.9 Å². The monoisotopic (exact) mass is 277 g/mol. The van der Waals surface area contributed by atoms with Crippen molar-refractivity contribution in [1.29, 1.82) is 5.26 Å². The standard InChI is InChI=1S/C14H9ClFNS/c15-12-3-1-2-4-14(12)18-9-10-5-6-13(16)11(7-10)8-17/h1-7H,9H2. The number of hydrogen-bond acceptors (Lipinski definition) is 2. The van der Waals surface area contributed by atoms with Gasteiger partial charge in [-0.1, -0.05) is 29.8 Å². The van der Waals surface area contributed by atoms with Crippen LogP contribution in [0, 0.1) is 17.1 Å². The third-order valence-corrected chi connectivity index (χ3v) is 3.97. The van der Waals surface area contributed by atoms with Gasteiger partial charge in [0.1, 0.15) is 11.9 Å². The zero-order chi connectivity index (χ0) is 13.0. The lowest BCUT2D eigenvalue weighted by molar-refractivity contribution is 0.623. The highest BCUT2D eigenvalue weighted by Crippen LogP contribution is 2.29. The van der Waals surface area contributed by atoms with E-state index >= 15 is 0 Å². The smallest absolute Gasteiger partial charge is 0.140 e. The summed E-state index contributed by atoms with van der Waals surface area (Å²) in [5.41, 5.74) is 0.977. The lowest BCUT2D eigenvalue weighted by Gasteiger charge is -2.04. The van der Waals surface area contributed by atoms with Crippen molar-refractivity contribution >= 4 is 23.4 Å². The molecule has 18 heavy (non-hydrogen) atoms. The molecule has 0 aliphatic rings. The number of benzene rings is 2. The van der Waals surface area contributed by atoms with Crippen LogP contribution in [0.4, 0.5) is 4.39 Å². The minimum Gasteiger partial charge on any atom is -0.206 e. The van der Waals surface area contributed by atoms with Crippen LogP contribution in [0.1, 0.15) is 11.1 Å². The molecule has 0 aliphatic heterocycles. The highest BCUT2D eigenvalue weighted by Gasteiger charge is 2.04. The van der Waals surface area contributed by atoms with E-state index in [4.69, 9.17) is 16.9 Å². The lowest BCUT2D eigenvalue weighted by Crippen LogP contribution is -1.87. The molecule has 0 aliphatic carbocycles. The third kappa shape index (κ3) is 3.04. The van der Waals surface area contributed by atoms with Gasteiger partial charge in [-0.25, -0.2) is 4.39 Å². The molecule has 90 valence electrons. The Morgan fingerprint density at radius 3 is 2.72 bits per heavy atom. The Labute approximate surface area is 114 Å². The van der Waals surface area contributed by atoms with Gasteiger partial charge < -0.3 is 0 Å². The van der Waals surface area contributed by atoms with Crippen molar-refractivity contribution in [2.24, 2.45) is 0 Å². The normalized spacial score (nSPS) is 10.1. The second-order valence-electron chi connectivity index (χ2n) is 3.65. The summed E-state index contributed by atoms with van der Waals surface area (Å²) in [6.45, 7) is 0.